The number of rotatable bonds is 6. The van der Waals surface area contributed by atoms with Crippen molar-refractivity contribution in [2.45, 2.75) is 17.1 Å². The van der Waals surface area contributed by atoms with Gasteiger partial charge in [-0.3, -0.25) is 0 Å². The van der Waals surface area contributed by atoms with Crippen LogP contribution in [0, 0.1) is 17.6 Å². The molecular formula is C22H20F5N3O3S. The zero-order chi connectivity index (χ0) is 24.7. The van der Waals surface area contributed by atoms with Crippen LogP contribution >= 0.6 is 0 Å². The molecule has 2 atom stereocenters. The number of sulfonamides is 1. The van der Waals surface area contributed by atoms with Gasteiger partial charge in [-0.25, -0.2) is 22.2 Å². The fourth-order valence-corrected chi connectivity index (χ4v) is 5.44. The minimum absolute atomic E-state index is 0.00821. The Morgan fingerprint density at radius 1 is 1.09 bits per heavy atom. The molecule has 0 radical (unpaired) electrons. The Hall–Kier alpha value is -2.99. The second-order valence-electron chi connectivity index (χ2n) is 8.07. The van der Waals surface area contributed by atoms with Gasteiger partial charge >= 0.3 is 6.18 Å². The number of alkyl halides is 3. The van der Waals surface area contributed by atoms with Crippen LogP contribution in [0.1, 0.15) is 17.0 Å². The second-order valence-corrected chi connectivity index (χ2v) is 9.95. The highest BCUT2D eigenvalue weighted by Crippen LogP contribution is 2.37. The molecule has 3 aromatic rings. The molecule has 1 aromatic heterocycles. The van der Waals surface area contributed by atoms with Gasteiger partial charge in [0, 0.05) is 38.2 Å². The van der Waals surface area contributed by atoms with Crippen molar-refractivity contribution in [3.63, 3.8) is 0 Å². The topological polar surface area (TPSA) is 64.4 Å². The molecule has 34 heavy (non-hydrogen) atoms. The van der Waals surface area contributed by atoms with E-state index in [0.717, 1.165) is 6.07 Å². The summed E-state index contributed by atoms with van der Waals surface area (Å²) < 4.78 is 100. The van der Waals surface area contributed by atoms with Crippen molar-refractivity contribution < 1.29 is 35.1 Å². The Balaban J connectivity index is 1.59. The first-order valence-corrected chi connectivity index (χ1v) is 11.6. The molecule has 0 N–H and O–H groups in total. The third-order valence-electron chi connectivity index (χ3n) is 5.70. The monoisotopic (exact) mass is 501 g/mol. The lowest BCUT2D eigenvalue weighted by atomic mass is 9.89. The summed E-state index contributed by atoms with van der Waals surface area (Å²) in [4.78, 5) is 3.91. The Morgan fingerprint density at radius 3 is 2.41 bits per heavy atom. The van der Waals surface area contributed by atoms with Crippen molar-refractivity contribution in [2.75, 3.05) is 19.7 Å². The molecule has 1 aliphatic heterocycles. The van der Waals surface area contributed by atoms with Crippen LogP contribution in [0.5, 0.6) is 5.75 Å². The Morgan fingerprint density at radius 2 is 1.79 bits per heavy atom. The number of aryl methyl sites for hydroxylation is 1. The van der Waals surface area contributed by atoms with E-state index in [-0.39, 0.29) is 30.5 Å². The van der Waals surface area contributed by atoms with Gasteiger partial charge in [0.2, 0.25) is 0 Å². The summed E-state index contributed by atoms with van der Waals surface area (Å²) in [5.74, 6) is -2.96. The normalized spacial score (nSPS) is 19.5. The lowest BCUT2D eigenvalue weighted by molar-refractivity contribution is -0.140. The summed E-state index contributed by atoms with van der Waals surface area (Å²) >= 11 is 0. The van der Waals surface area contributed by atoms with Gasteiger partial charge in [-0.05, 0) is 35.9 Å². The molecule has 0 spiro atoms. The van der Waals surface area contributed by atoms with E-state index < -0.39 is 45.2 Å². The number of halogens is 5. The van der Waals surface area contributed by atoms with Gasteiger partial charge in [0.25, 0.3) is 10.0 Å². The first-order valence-electron chi connectivity index (χ1n) is 10.2. The molecule has 2 unspecified atom stereocenters. The number of hydrogen-bond acceptors (Lipinski definition) is 4. The highest BCUT2D eigenvalue weighted by molar-refractivity contribution is 7.89. The van der Waals surface area contributed by atoms with Crippen LogP contribution in [-0.2, 0) is 23.2 Å². The number of ether oxygens (including phenoxy) is 1. The van der Waals surface area contributed by atoms with Gasteiger partial charge in [-0.15, -0.1) is 0 Å². The van der Waals surface area contributed by atoms with E-state index in [4.69, 9.17) is 4.74 Å². The average Bonchev–Trinajstić information content (AvgIpc) is 3.40. The van der Waals surface area contributed by atoms with Crippen molar-refractivity contribution in [3.05, 3.63) is 77.8 Å². The number of nitrogens with zero attached hydrogens (tertiary/aromatic N) is 3. The number of hydrogen-bond donors (Lipinski definition) is 0. The number of aromatic nitrogens is 2. The third kappa shape index (κ3) is 4.92. The molecule has 1 aliphatic rings. The summed E-state index contributed by atoms with van der Waals surface area (Å²) in [7, 11) is -2.31. The second kappa shape index (κ2) is 8.99. The first-order chi connectivity index (χ1) is 15.9. The van der Waals surface area contributed by atoms with E-state index >= 15 is 0 Å². The molecule has 0 aliphatic carbocycles. The Kier molecular flexibility index (Phi) is 6.38. The molecule has 2 heterocycles. The molecule has 2 aromatic carbocycles. The zero-order valence-electron chi connectivity index (χ0n) is 17.8. The molecule has 1 fully saturated rings. The van der Waals surface area contributed by atoms with Gasteiger partial charge < -0.3 is 9.30 Å². The Labute approximate surface area is 192 Å². The van der Waals surface area contributed by atoms with Gasteiger partial charge in [0.05, 0.1) is 18.5 Å². The molecule has 0 bridgehead atoms. The van der Waals surface area contributed by atoms with Crippen molar-refractivity contribution >= 4 is 10.0 Å². The molecule has 4 rings (SSSR count). The van der Waals surface area contributed by atoms with Crippen LogP contribution in [0.2, 0.25) is 0 Å². The van der Waals surface area contributed by atoms with Crippen LogP contribution in [0.15, 0.2) is 60.0 Å². The minimum atomic E-state index is -4.89. The lowest BCUT2D eigenvalue weighted by Crippen LogP contribution is -2.30. The maximum atomic E-state index is 13.6. The number of imidazole rings is 1. The first kappa shape index (κ1) is 24.1. The molecule has 6 nitrogen and oxygen atoms in total. The summed E-state index contributed by atoms with van der Waals surface area (Å²) in [5, 5.41) is -0.136. The van der Waals surface area contributed by atoms with Crippen LogP contribution in [0.3, 0.4) is 0 Å². The van der Waals surface area contributed by atoms with Gasteiger partial charge in [0.1, 0.15) is 17.4 Å². The van der Waals surface area contributed by atoms with Crippen molar-refractivity contribution in [1.82, 2.24) is 13.9 Å². The molecule has 12 heteroatoms. The summed E-state index contributed by atoms with van der Waals surface area (Å²) in [6, 6.07) is 7.88. The maximum Gasteiger partial charge on any atom is 0.419 e. The molecule has 0 saturated carbocycles. The van der Waals surface area contributed by atoms with E-state index in [1.807, 2.05) is 0 Å². The highest BCUT2D eigenvalue weighted by Gasteiger charge is 2.41. The van der Waals surface area contributed by atoms with E-state index in [1.54, 1.807) is 7.05 Å². The van der Waals surface area contributed by atoms with Crippen LogP contribution in [0.25, 0.3) is 0 Å². The van der Waals surface area contributed by atoms with E-state index in [2.05, 4.69) is 4.98 Å². The Bertz CT molecular complexity index is 1280. The van der Waals surface area contributed by atoms with Gasteiger partial charge in [-0.2, -0.15) is 17.5 Å². The average molecular weight is 501 g/mol. The molecule has 182 valence electrons. The largest absolute Gasteiger partial charge is 0.493 e. The summed E-state index contributed by atoms with van der Waals surface area (Å²) in [6.07, 6.45) is -2.17. The van der Waals surface area contributed by atoms with Crippen molar-refractivity contribution in [1.29, 1.82) is 0 Å². The van der Waals surface area contributed by atoms with Crippen LogP contribution < -0.4 is 4.74 Å². The molecule has 1 saturated heterocycles. The predicted octanol–water partition coefficient (Wildman–Crippen LogP) is 4.20. The van der Waals surface area contributed by atoms with E-state index in [1.165, 1.54) is 45.7 Å². The zero-order valence-corrected chi connectivity index (χ0v) is 18.7. The van der Waals surface area contributed by atoms with Gasteiger partial charge in [-0.1, -0.05) is 12.1 Å². The van der Waals surface area contributed by atoms with E-state index in [9.17, 15) is 30.4 Å². The summed E-state index contributed by atoms with van der Waals surface area (Å²) in [5.41, 5.74) is -0.797. The molecule has 0 amide bonds. The van der Waals surface area contributed by atoms with Crippen molar-refractivity contribution in [3.8, 4) is 5.75 Å². The minimum Gasteiger partial charge on any atom is -0.493 e. The maximum absolute atomic E-state index is 13.6. The van der Waals surface area contributed by atoms with Gasteiger partial charge in [0.15, 0.2) is 5.03 Å². The molecular weight excluding hydrogens is 481 g/mol. The fourth-order valence-electron chi connectivity index (χ4n) is 3.95. The number of benzene rings is 2. The smallest absolute Gasteiger partial charge is 0.419 e. The van der Waals surface area contributed by atoms with E-state index in [0.29, 0.717) is 17.7 Å². The summed E-state index contributed by atoms with van der Waals surface area (Å²) in [6.45, 7) is -0.0801. The standard InChI is InChI=1S/C22H20F5N3O3S/c1-29-11-21(28-13-29)34(31,32)30-9-15(18(10-30)14-2-4-16(23)5-3-14)12-33-17-6-7-20(24)19(8-17)22(25,26)27/h2-8,11,13,15,18H,9-10,12H2,1H3. The fraction of sp³-hybridized carbons (Fsp3) is 0.318. The van der Waals surface area contributed by atoms with Crippen molar-refractivity contribution in [2.24, 2.45) is 13.0 Å². The lowest BCUT2D eigenvalue weighted by Gasteiger charge is -2.20. The third-order valence-corrected chi connectivity index (χ3v) is 7.42. The SMILES string of the molecule is Cn1cnc(S(=O)(=O)N2CC(COc3ccc(F)c(C(F)(F)F)c3)C(c3ccc(F)cc3)C2)c1. The van der Waals surface area contributed by atoms with Crippen LogP contribution in [0.4, 0.5) is 22.0 Å². The van der Waals surface area contributed by atoms with Crippen LogP contribution in [-0.4, -0.2) is 42.0 Å². The quantitative estimate of drug-likeness (QED) is 0.475. The highest BCUT2D eigenvalue weighted by atomic mass is 32.2. The predicted molar refractivity (Wildman–Crippen MR) is 111 cm³/mol.